The van der Waals surface area contributed by atoms with Gasteiger partial charge in [0.05, 0.1) is 12.3 Å². The van der Waals surface area contributed by atoms with Gasteiger partial charge in [-0.15, -0.1) is 0 Å². The van der Waals surface area contributed by atoms with E-state index < -0.39 is 17.8 Å². The van der Waals surface area contributed by atoms with Crippen LogP contribution in [-0.4, -0.2) is 28.3 Å². The van der Waals surface area contributed by atoms with Gasteiger partial charge < -0.3 is 26.5 Å². The second-order valence-corrected chi connectivity index (χ2v) is 8.43. The molecule has 190 valence electrons. The molecule has 1 atom stereocenters. The van der Waals surface area contributed by atoms with Crippen LogP contribution in [0.4, 0.5) is 10.1 Å². The molecule has 0 bridgehead atoms. The average Bonchev–Trinajstić information content (AvgIpc) is 3.39. The maximum absolute atomic E-state index is 15.8. The topological polar surface area (TPSA) is 143 Å². The van der Waals surface area contributed by atoms with Crippen LogP contribution in [-0.2, 0) is 6.42 Å². The summed E-state index contributed by atoms with van der Waals surface area (Å²) < 4.78 is 21.4. The number of hydrogen-bond donors (Lipinski definition) is 5. The van der Waals surface area contributed by atoms with Gasteiger partial charge in [-0.05, 0) is 55.3 Å². The summed E-state index contributed by atoms with van der Waals surface area (Å²) in [5.41, 5.74) is 15.1. The maximum Gasteiger partial charge on any atom is 0.249 e. The van der Waals surface area contributed by atoms with E-state index in [1.807, 2.05) is 6.92 Å². The summed E-state index contributed by atoms with van der Waals surface area (Å²) in [5.74, 6) is -0.508. The molecular formula is C28H29FN6O2. The monoisotopic (exact) mass is 500 g/mol. The lowest BCUT2D eigenvalue weighted by molar-refractivity contribution is 0.100. The molecule has 8 nitrogen and oxygen atoms in total. The highest BCUT2D eigenvalue weighted by Crippen LogP contribution is 2.34. The molecule has 0 spiro atoms. The van der Waals surface area contributed by atoms with Crippen molar-refractivity contribution in [3.63, 3.8) is 0 Å². The van der Waals surface area contributed by atoms with Crippen molar-refractivity contribution in [3.8, 4) is 17.0 Å². The largest absolute Gasteiger partial charge is 0.491 e. The standard InChI is InChI=1S/C28H29FN6O2/c1-3-16-13-21(24(29)23(14-16)37-4-2)25(34-18-11-9-17(10-12-18)26(30)31)28-33-15-22(35-28)19-7-5-6-8-20(19)27(32)36/h5-15,25,34H,3-4H2,1-2H3,(H3,30,31)(H2,32,36)(H,33,35). The number of amidine groups is 1. The van der Waals surface area contributed by atoms with Crippen molar-refractivity contribution < 1.29 is 13.9 Å². The van der Waals surface area contributed by atoms with Crippen LogP contribution in [0.5, 0.6) is 5.75 Å². The van der Waals surface area contributed by atoms with Gasteiger partial charge in [0.15, 0.2) is 11.6 Å². The first-order chi connectivity index (χ1) is 17.8. The zero-order valence-electron chi connectivity index (χ0n) is 20.6. The SMILES string of the molecule is CCOc1cc(CC)cc(C(Nc2ccc(C(=N)N)cc2)c2nc(-c3ccccc3C(N)=O)c[nH]2)c1F. The fourth-order valence-electron chi connectivity index (χ4n) is 4.10. The molecule has 4 aromatic rings. The lowest BCUT2D eigenvalue weighted by atomic mass is 10.00. The van der Waals surface area contributed by atoms with Crippen LogP contribution in [0.25, 0.3) is 11.3 Å². The van der Waals surface area contributed by atoms with Crippen molar-refractivity contribution in [3.05, 3.63) is 101 Å². The lowest BCUT2D eigenvalue weighted by Crippen LogP contribution is -2.17. The highest BCUT2D eigenvalue weighted by molar-refractivity contribution is 5.99. The number of imidazole rings is 1. The molecule has 1 amide bonds. The molecule has 7 N–H and O–H groups in total. The summed E-state index contributed by atoms with van der Waals surface area (Å²) in [5, 5.41) is 11.0. The molecule has 1 aromatic heterocycles. The van der Waals surface area contributed by atoms with Gasteiger partial charge in [0, 0.05) is 34.1 Å². The van der Waals surface area contributed by atoms with Crippen molar-refractivity contribution in [1.29, 1.82) is 5.41 Å². The zero-order valence-corrected chi connectivity index (χ0v) is 20.6. The number of anilines is 1. The number of nitrogen functional groups attached to an aromatic ring is 1. The number of aromatic amines is 1. The number of carbonyl (C=O) groups is 1. The number of H-pyrrole nitrogens is 1. The van der Waals surface area contributed by atoms with Crippen molar-refractivity contribution >= 4 is 17.4 Å². The van der Waals surface area contributed by atoms with E-state index in [0.29, 0.717) is 52.5 Å². The summed E-state index contributed by atoms with van der Waals surface area (Å²) >= 11 is 0. The van der Waals surface area contributed by atoms with E-state index in [1.165, 1.54) is 0 Å². The molecule has 0 aliphatic heterocycles. The molecule has 3 aromatic carbocycles. The first-order valence-corrected chi connectivity index (χ1v) is 11.9. The van der Waals surface area contributed by atoms with Gasteiger partial charge in [-0.1, -0.05) is 31.2 Å². The highest BCUT2D eigenvalue weighted by Gasteiger charge is 2.25. The van der Waals surface area contributed by atoms with Crippen LogP contribution in [0, 0.1) is 11.2 Å². The number of amides is 1. The van der Waals surface area contributed by atoms with Crippen LogP contribution in [0.3, 0.4) is 0 Å². The number of nitrogens with two attached hydrogens (primary N) is 2. The van der Waals surface area contributed by atoms with E-state index in [2.05, 4.69) is 10.3 Å². The van der Waals surface area contributed by atoms with E-state index in [9.17, 15) is 4.79 Å². The summed E-state index contributed by atoms with van der Waals surface area (Å²) in [6.45, 7) is 4.11. The first-order valence-electron chi connectivity index (χ1n) is 11.9. The molecular weight excluding hydrogens is 471 g/mol. The van der Waals surface area contributed by atoms with Gasteiger partial charge in [-0.3, -0.25) is 10.2 Å². The number of benzene rings is 3. The number of nitrogens with zero attached hydrogens (tertiary/aromatic N) is 1. The molecule has 9 heteroatoms. The summed E-state index contributed by atoms with van der Waals surface area (Å²) in [4.78, 5) is 19.8. The molecule has 37 heavy (non-hydrogen) atoms. The van der Waals surface area contributed by atoms with Crippen LogP contribution in [0.2, 0.25) is 0 Å². The molecule has 0 saturated heterocycles. The molecule has 1 unspecified atom stereocenters. The normalized spacial score (nSPS) is 11.6. The van der Waals surface area contributed by atoms with Crippen molar-refractivity contribution in [2.75, 3.05) is 11.9 Å². The maximum atomic E-state index is 15.8. The Kier molecular flexibility index (Phi) is 7.52. The number of halogens is 1. The van der Waals surface area contributed by atoms with E-state index in [-0.39, 0.29) is 11.6 Å². The van der Waals surface area contributed by atoms with Gasteiger partial charge in [0.2, 0.25) is 5.91 Å². The van der Waals surface area contributed by atoms with Gasteiger partial charge in [-0.25, -0.2) is 9.37 Å². The van der Waals surface area contributed by atoms with Gasteiger partial charge in [0.25, 0.3) is 0 Å². The van der Waals surface area contributed by atoms with Crippen LogP contribution >= 0.6 is 0 Å². The summed E-state index contributed by atoms with van der Waals surface area (Å²) in [7, 11) is 0. The Morgan fingerprint density at radius 2 is 1.86 bits per heavy atom. The number of aromatic nitrogens is 2. The Morgan fingerprint density at radius 3 is 2.51 bits per heavy atom. The predicted molar refractivity (Wildman–Crippen MR) is 142 cm³/mol. The Hall–Kier alpha value is -4.66. The number of ether oxygens (including phenoxy) is 1. The van der Waals surface area contributed by atoms with Gasteiger partial charge in [0.1, 0.15) is 17.7 Å². The minimum absolute atomic E-state index is 0.0464. The second kappa shape index (κ2) is 10.9. The van der Waals surface area contributed by atoms with Gasteiger partial charge in [-0.2, -0.15) is 0 Å². The smallest absolute Gasteiger partial charge is 0.249 e. The quantitative estimate of drug-likeness (QED) is 0.158. The zero-order chi connectivity index (χ0) is 26.5. The second-order valence-electron chi connectivity index (χ2n) is 8.43. The number of carbonyl (C=O) groups excluding carboxylic acids is 1. The number of hydrogen-bond acceptors (Lipinski definition) is 5. The molecule has 0 fully saturated rings. The van der Waals surface area contributed by atoms with Crippen LogP contribution < -0.4 is 21.5 Å². The minimum atomic E-state index is -0.733. The number of nitrogens with one attached hydrogen (secondary N) is 3. The highest BCUT2D eigenvalue weighted by atomic mass is 19.1. The third-order valence-electron chi connectivity index (χ3n) is 5.99. The molecule has 1 heterocycles. The lowest BCUT2D eigenvalue weighted by Gasteiger charge is -2.21. The number of aryl methyl sites for hydroxylation is 1. The predicted octanol–water partition coefficient (Wildman–Crippen LogP) is 4.76. The first kappa shape index (κ1) is 25.4. The third-order valence-corrected chi connectivity index (χ3v) is 5.99. The van der Waals surface area contributed by atoms with E-state index in [1.54, 1.807) is 73.8 Å². The Balaban J connectivity index is 1.83. The van der Waals surface area contributed by atoms with E-state index in [4.69, 9.17) is 26.6 Å². The number of rotatable bonds is 10. The number of primary amides is 1. The molecule has 4 rings (SSSR count). The van der Waals surface area contributed by atoms with E-state index in [0.717, 1.165) is 5.56 Å². The van der Waals surface area contributed by atoms with E-state index >= 15 is 4.39 Å². The average molecular weight is 501 g/mol. The fourth-order valence-corrected chi connectivity index (χ4v) is 4.10. The molecule has 0 aliphatic rings. The molecule has 0 saturated carbocycles. The fraction of sp³-hybridized carbons (Fsp3) is 0.179. The van der Waals surface area contributed by atoms with Crippen molar-refractivity contribution in [2.24, 2.45) is 11.5 Å². The van der Waals surface area contributed by atoms with Crippen LogP contribution in [0.1, 0.15) is 52.8 Å². The summed E-state index contributed by atoms with van der Waals surface area (Å²) in [6.07, 6.45) is 2.35. The molecule has 0 radical (unpaired) electrons. The minimum Gasteiger partial charge on any atom is -0.491 e. The third kappa shape index (κ3) is 5.45. The van der Waals surface area contributed by atoms with Crippen LogP contribution in [0.15, 0.2) is 66.9 Å². The summed E-state index contributed by atoms with van der Waals surface area (Å²) in [6, 6.07) is 16.6. The molecule has 0 aliphatic carbocycles. The Labute approximate surface area is 214 Å². The van der Waals surface area contributed by atoms with Crippen molar-refractivity contribution in [1.82, 2.24) is 9.97 Å². The Bertz CT molecular complexity index is 1430. The Morgan fingerprint density at radius 1 is 1.14 bits per heavy atom. The van der Waals surface area contributed by atoms with Crippen molar-refractivity contribution in [2.45, 2.75) is 26.3 Å². The van der Waals surface area contributed by atoms with Gasteiger partial charge >= 0.3 is 0 Å².